The van der Waals surface area contributed by atoms with Gasteiger partial charge in [0.05, 0.1) is 27.2 Å². The fourth-order valence-corrected chi connectivity index (χ4v) is 5.30. The van der Waals surface area contributed by atoms with E-state index in [1.165, 1.54) is 6.33 Å². The molecule has 160 valence electrons. The first-order valence-electron chi connectivity index (χ1n) is 9.88. The van der Waals surface area contributed by atoms with Gasteiger partial charge in [0, 0.05) is 22.9 Å². The number of benzene rings is 1. The van der Waals surface area contributed by atoms with Crippen molar-refractivity contribution in [3.63, 3.8) is 0 Å². The normalized spacial score (nSPS) is 22.1. The fraction of sp³-hybridized carbons (Fsp3) is 0.318. The molecule has 5 rings (SSSR count). The summed E-state index contributed by atoms with van der Waals surface area (Å²) in [6.07, 6.45) is 4.01. The Morgan fingerprint density at radius 1 is 1.16 bits per heavy atom. The molecule has 0 fully saturated rings. The fourth-order valence-electron chi connectivity index (χ4n) is 4.45. The summed E-state index contributed by atoms with van der Waals surface area (Å²) in [6.45, 7) is 0. The maximum atomic E-state index is 13.5. The first-order chi connectivity index (χ1) is 15.1. The van der Waals surface area contributed by atoms with Crippen LogP contribution in [0, 0.1) is 5.92 Å². The summed E-state index contributed by atoms with van der Waals surface area (Å²) in [6, 6.07) is 7.65. The molecular weight excluding hydrogens is 416 g/mol. The number of carbonyl (C=O) groups is 1. The Bertz CT molecular complexity index is 1130. The van der Waals surface area contributed by atoms with Gasteiger partial charge in [-0.15, -0.1) is 11.3 Å². The average molecular weight is 439 g/mol. The molecule has 1 aliphatic carbocycles. The second-order valence-corrected chi connectivity index (χ2v) is 8.43. The van der Waals surface area contributed by atoms with Crippen LogP contribution in [0.25, 0.3) is 0 Å². The summed E-state index contributed by atoms with van der Waals surface area (Å²) in [4.78, 5) is 18.9. The van der Waals surface area contributed by atoms with Crippen molar-refractivity contribution in [3.05, 3.63) is 58.2 Å². The van der Waals surface area contributed by atoms with Crippen LogP contribution < -0.4 is 19.5 Å². The number of nitrogens with one attached hydrogen (secondary N) is 1. The third-order valence-corrected chi connectivity index (χ3v) is 6.79. The number of hydrogen-bond acceptors (Lipinski definition) is 8. The molecule has 0 bridgehead atoms. The number of thiophene rings is 1. The summed E-state index contributed by atoms with van der Waals surface area (Å²) in [5.74, 6) is 2.01. The Morgan fingerprint density at radius 3 is 2.58 bits per heavy atom. The number of ether oxygens (including phenoxy) is 3. The molecule has 1 N–H and O–H groups in total. The summed E-state index contributed by atoms with van der Waals surface area (Å²) in [5, 5.41) is 9.73. The number of rotatable bonds is 5. The van der Waals surface area contributed by atoms with Crippen LogP contribution in [0.2, 0.25) is 0 Å². The maximum absolute atomic E-state index is 13.5. The highest BCUT2D eigenvalue weighted by Crippen LogP contribution is 2.47. The molecule has 3 aromatic rings. The number of ketones is 1. The minimum atomic E-state index is -0.328. The Hall–Kier alpha value is -3.33. The van der Waals surface area contributed by atoms with E-state index < -0.39 is 0 Å². The van der Waals surface area contributed by atoms with Gasteiger partial charge in [-0.1, -0.05) is 12.1 Å². The highest BCUT2D eigenvalue weighted by molar-refractivity contribution is 7.10. The molecule has 0 spiro atoms. The molecule has 2 aromatic heterocycles. The Kier molecular flexibility index (Phi) is 4.90. The third kappa shape index (κ3) is 3.16. The quantitative estimate of drug-likeness (QED) is 0.651. The highest BCUT2D eigenvalue weighted by atomic mass is 32.1. The number of allylic oxidation sites excluding steroid dienone is 2. The van der Waals surface area contributed by atoms with Crippen molar-refractivity contribution in [1.29, 1.82) is 0 Å². The van der Waals surface area contributed by atoms with Crippen LogP contribution in [0.1, 0.15) is 28.8 Å². The monoisotopic (exact) mass is 438 g/mol. The van der Waals surface area contributed by atoms with Crippen molar-refractivity contribution in [2.24, 2.45) is 5.92 Å². The van der Waals surface area contributed by atoms with Gasteiger partial charge in [0.25, 0.3) is 0 Å². The molecule has 0 unspecified atom stereocenters. The SMILES string of the molecule is COc1cc([C@H]2C=C3Nc4ncnn4[C@H](c4cccs4)[C@@H]3C(=O)C2)cc(OC)c1OC. The zero-order valence-electron chi connectivity index (χ0n) is 17.4. The molecule has 0 amide bonds. The van der Waals surface area contributed by atoms with Crippen molar-refractivity contribution in [2.45, 2.75) is 18.4 Å². The minimum absolute atomic E-state index is 0.126. The number of carbonyl (C=O) groups excluding carboxylic acids is 1. The minimum Gasteiger partial charge on any atom is -0.493 e. The van der Waals surface area contributed by atoms with E-state index >= 15 is 0 Å². The lowest BCUT2D eigenvalue weighted by molar-refractivity contribution is -0.123. The molecule has 2 aliphatic rings. The van der Waals surface area contributed by atoms with Gasteiger partial charge in [-0.2, -0.15) is 10.1 Å². The molecule has 9 heteroatoms. The predicted molar refractivity (Wildman–Crippen MR) is 116 cm³/mol. The number of aromatic nitrogens is 3. The van der Waals surface area contributed by atoms with Gasteiger partial charge in [0.1, 0.15) is 18.2 Å². The van der Waals surface area contributed by atoms with E-state index in [-0.39, 0.29) is 23.7 Å². The van der Waals surface area contributed by atoms with Crippen LogP contribution in [0.3, 0.4) is 0 Å². The van der Waals surface area contributed by atoms with E-state index in [0.29, 0.717) is 29.6 Å². The molecular formula is C22H22N4O4S. The van der Waals surface area contributed by atoms with E-state index in [1.807, 2.05) is 34.3 Å². The van der Waals surface area contributed by atoms with E-state index in [1.54, 1.807) is 32.7 Å². The van der Waals surface area contributed by atoms with Crippen LogP contribution >= 0.6 is 11.3 Å². The van der Waals surface area contributed by atoms with Crippen molar-refractivity contribution in [1.82, 2.24) is 14.8 Å². The number of Topliss-reactive ketones (excluding diaryl/α,β-unsaturated/α-hetero) is 1. The van der Waals surface area contributed by atoms with E-state index in [9.17, 15) is 4.79 Å². The zero-order chi connectivity index (χ0) is 21.5. The van der Waals surface area contributed by atoms with Gasteiger partial charge in [-0.25, -0.2) is 4.68 Å². The van der Waals surface area contributed by atoms with Crippen molar-refractivity contribution in [2.75, 3.05) is 26.6 Å². The van der Waals surface area contributed by atoms with Gasteiger partial charge in [-0.3, -0.25) is 4.79 Å². The Morgan fingerprint density at radius 2 is 1.94 bits per heavy atom. The molecule has 31 heavy (non-hydrogen) atoms. The second-order valence-electron chi connectivity index (χ2n) is 7.45. The van der Waals surface area contributed by atoms with Gasteiger partial charge < -0.3 is 19.5 Å². The zero-order valence-corrected chi connectivity index (χ0v) is 18.2. The molecule has 1 aliphatic heterocycles. The number of methoxy groups -OCH3 is 3. The van der Waals surface area contributed by atoms with E-state index in [4.69, 9.17) is 14.2 Å². The predicted octanol–water partition coefficient (Wildman–Crippen LogP) is 3.64. The molecule has 0 saturated carbocycles. The molecule has 3 heterocycles. The third-order valence-electron chi connectivity index (χ3n) is 5.84. The Labute approximate surface area is 183 Å². The van der Waals surface area contributed by atoms with Crippen LogP contribution in [-0.2, 0) is 4.79 Å². The van der Waals surface area contributed by atoms with Gasteiger partial charge in [0.15, 0.2) is 11.5 Å². The van der Waals surface area contributed by atoms with Gasteiger partial charge >= 0.3 is 0 Å². The van der Waals surface area contributed by atoms with E-state index in [0.717, 1.165) is 16.1 Å². The van der Waals surface area contributed by atoms with Crippen molar-refractivity contribution in [3.8, 4) is 17.2 Å². The number of nitrogens with zero attached hydrogens (tertiary/aromatic N) is 3. The summed E-state index contributed by atoms with van der Waals surface area (Å²) < 4.78 is 18.2. The summed E-state index contributed by atoms with van der Waals surface area (Å²) in [7, 11) is 4.75. The first kappa shape index (κ1) is 19.6. The summed E-state index contributed by atoms with van der Waals surface area (Å²) >= 11 is 1.62. The molecule has 0 radical (unpaired) electrons. The van der Waals surface area contributed by atoms with Crippen molar-refractivity contribution < 1.29 is 19.0 Å². The largest absolute Gasteiger partial charge is 0.493 e. The number of fused-ring (bicyclic) bond motifs is 2. The van der Waals surface area contributed by atoms with Crippen LogP contribution in [0.15, 0.2) is 47.7 Å². The molecule has 1 aromatic carbocycles. The lowest BCUT2D eigenvalue weighted by Crippen LogP contribution is -2.39. The smallest absolute Gasteiger partial charge is 0.226 e. The van der Waals surface area contributed by atoms with Crippen LogP contribution in [0.4, 0.5) is 5.95 Å². The first-order valence-corrected chi connectivity index (χ1v) is 10.8. The number of anilines is 1. The van der Waals surface area contributed by atoms with Crippen LogP contribution in [0.5, 0.6) is 17.2 Å². The lowest BCUT2D eigenvalue weighted by Gasteiger charge is -2.37. The highest BCUT2D eigenvalue weighted by Gasteiger charge is 2.43. The standard InChI is InChI=1S/C22H22N4O4S/c1-28-16-9-13(10-17(29-2)21(16)30-3)12-7-14-19(15(27)8-12)20(18-5-4-6-31-18)26-22(25-14)23-11-24-26/h4-7,9-12,19-20H,8H2,1-3H3,(H,23,24,25)/t12-,19-,20+/m0/s1. The molecule has 3 atom stereocenters. The molecule has 8 nitrogen and oxygen atoms in total. The average Bonchev–Trinajstić information content (AvgIpc) is 3.48. The number of hydrogen-bond donors (Lipinski definition) is 1. The maximum Gasteiger partial charge on any atom is 0.226 e. The van der Waals surface area contributed by atoms with Crippen LogP contribution in [-0.4, -0.2) is 41.9 Å². The molecule has 0 saturated heterocycles. The topological polar surface area (TPSA) is 87.5 Å². The van der Waals surface area contributed by atoms with Gasteiger partial charge in [-0.05, 0) is 29.1 Å². The second kappa shape index (κ2) is 7.73. The summed E-state index contributed by atoms with van der Waals surface area (Å²) in [5.41, 5.74) is 1.78. The Balaban J connectivity index is 1.59. The van der Waals surface area contributed by atoms with Crippen molar-refractivity contribution >= 4 is 23.1 Å². The van der Waals surface area contributed by atoms with Gasteiger partial charge in [0.2, 0.25) is 11.7 Å². The lowest BCUT2D eigenvalue weighted by atomic mass is 9.77. The van der Waals surface area contributed by atoms with E-state index in [2.05, 4.69) is 21.5 Å².